The number of rotatable bonds is 2. The molecule has 3 nitrogen and oxygen atoms in total. The second-order valence-corrected chi connectivity index (χ2v) is 7.85. The van der Waals surface area contributed by atoms with Gasteiger partial charge in [-0.2, -0.15) is 0 Å². The number of hydrogen-bond acceptors (Lipinski definition) is 3. The van der Waals surface area contributed by atoms with Crippen LogP contribution in [0.2, 0.25) is 0 Å². The van der Waals surface area contributed by atoms with Crippen molar-refractivity contribution in [3.05, 3.63) is 120 Å². The van der Waals surface area contributed by atoms with Gasteiger partial charge >= 0.3 is 0 Å². The van der Waals surface area contributed by atoms with Crippen LogP contribution >= 0.6 is 0 Å². The molecule has 0 amide bonds. The predicted octanol–water partition coefficient (Wildman–Crippen LogP) is 5.22. The lowest BCUT2D eigenvalue weighted by Gasteiger charge is -2.40. The van der Waals surface area contributed by atoms with Crippen molar-refractivity contribution in [3.63, 3.8) is 0 Å². The molecular weight excluding hydrogens is 366 g/mol. The number of benzene rings is 3. The van der Waals surface area contributed by atoms with Crippen LogP contribution in [0.4, 0.5) is 0 Å². The molecule has 0 saturated carbocycles. The second kappa shape index (κ2) is 6.75. The van der Waals surface area contributed by atoms with Gasteiger partial charge in [-0.05, 0) is 41.1 Å². The number of hydrogen-bond donors (Lipinski definition) is 1. The van der Waals surface area contributed by atoms with Gasteiger partial charge in [0.15, 0.2) is 0 Å². The van der Waals surface area contributed by atoms with Gasteiger partial charge in [0.25, 0.3) is 0 Å². The maximum absolute atomic E-state index is 5.15. The van der Waals surface area contributed by atoms with Crippen molar-refractivity contribution in [3.8, 4) is 0 Å². The first-order valence-electron chi connectivity index (χ1n) is 10.4. The summed E-state index contributed by atoms with van der Waals surface area (Å²) in [6.07, 6.45) is 2.91. The number of pyridine rings is 2. The minimum absolute atomic E-state index is 0.597. The topological polar surface area (TPSA) is 37.8 Å². The van der Waals surface area contributed by atoms with Crippen molar-refractivity contribution in [1.29, 1.82) is 0 Å². The Hall–Kier alpha value is -3.56. The number of fused-ring (bicyclic) bond motifs is 3. The molecule has 3 heterocycles. The van der Waals surface area contributed by atoms with E-state index >= 15 is 0 Å². The lowest BCUT2D eigenvalue weighted by molar-refractivity contribution is 0.430. The van der Waals surface area contributed by atoms with Gasteiger partial charge in [-0.15, -0.1) is 0 Å². The van der Waals surface area contributed by atoms with Gasteiger partial charge < -0.3 is 0 Å². The van der Waals surface area contributed by atoms with Crippen LogP contribution in [0.1, 0.15) is 22.5 Å². The van der Waals surface area contributed by atoms with Crippen LogP contribution in [-0.4, -0.2) is 16.5 Å². The molecule has 30 heavy (non-hydrogen) atoms. The highest BCUT2D eigenvalue weighted by Crippen LogP contribution is 2.42. The monoisotopic (exact) mass is 387 g/mol. The summed E-state index contributed by atoms with van der Waals surface area (Å²) in [5.41, 5.74) is 4.98. The minimum atomic E-state index is -0.597. The van der Waals surface area contributed by atoms with Crippen LogP contribution in [0.5, 0.6) is 0 Å². The van der Waals surface area contributed by atoms with E-state index in [0.29, 0.717) is 0 Å². The fourth-order valence-electron chi connectivity index (χ4n) is 4.84. The van der Waals surface area contributed by atoms with Crippen molar-refractivity contribution in [1.82, 2.24) is 15.3 Å². The Bertz CT molecular complexity index is 1390. The van der Waals surface area contributed by atoms with Gasteiger partial charge in [0.2, 0.25) is 0 Å². The zero-order valence-corrected chi connectivity index (χ0v) is 16.5. The standard InChI is InChI=1S/C27H21N3/c1-4-10-22-19(7-1)15-17-28-26(22)27(23-11-5-2-8-20(23)16-18-29-27)25-14-13-21-9-3-6-12-24(21)30-25/h1-15,17,29H,16,18H2. The SMILES string of the molecule is c1ccc2c(c1)CCNC2(c1ccc2ccccc2n1)c1nccc2ccccc12. The average Bonchev–Trinajstić information content (AvgIpc) is 2.83. The maximum Gasteiger partial charge on any atom is 0.130 e. The lowest BCUT2D eigenvalue weighted by atomic mass is 9.75. The molecule has 1 aliphatic rings. The van der Waals surface area contributed by atoms with E-state index in [9.17, 15) is 0 Å². The summed E-state index contributed by atoms with van der Waals surface area (Å²) < 4.78 is 0. The number of nitrogens with zero attached hydrogens (tertiary/aromatic N) is 2. The molecule has 5 aromatic rings. The quantitative estimate of drug-likeness (QED) is 0.451. The van der Waals surface area contributed by atoms with Crippen LogP contribution in [0, 0.1) is 0 Å². The molecule has 144 valence electrons. The molecule has 0 bridgehead atoms. The predicted molar refractivity (Wildman–Crippen MR) is 122 cm³/mol. The van der Waals surface area contributed by atoms with Gasteiger partial charge in [0.1, 0.15) is 5.54 Å². The van der Waals surface area contributed by atoms with Gasteiger partial charge in [0, 0.05) is 23.5 Å². The Kier molecular flexibility index (Phi) is 3.90. The third-order valence-corrected chi connectivity index (χ3v) is 6.22. The Labute approximate surface area is 175 Å². The summed E-state index contributed by atoms with van der Waals surface area (Å²) in [4.78, 5) is 10.1. The van der Waals surface area contributed by atoms with Crippen molar-refractivity contribution < 1.29 is 0 Å². The summed E-state index contributed by atoms with van der Waals surface area (Å²) in [5, 5.41) is 7.34. The van der Waals surface area contributed by atoms with Gasteiger partial charge in [-0.25, -0.2) is 0 Å². The second-order valence-electron chi connectivity index (χ2n) is 7.85. The highest BCUT2D eigenvalue weighted by molar-refractivity contribution is 5.87. The van der Waals surface area contributed by atoms with E-state index in [0.717, 1.165) is 40.6 Å². The fraction of sp³-hybridized carbons (Fsp3) is 0.111. The molecule has 1 N–H and O–H groups in total. The Balaban J connectivity index is 1.74. The normalized spacial score (nSPS) is 18.4. The van der Waals surface area contributed by atoms with Gasteiger partial charge in [0.05, 0.1) is 16.9 Å². The van der Waals surface area contributed by atoms with E-state index in [1.165, 1.54) is 16.5 Å². The number of nitrogens with one attached hydrogen (secondary N) is 1. The molecule has 1 unspecified atom stereocenters. The highest BCUT2D eigenvalue weighted by atomic mass is 15.0. The van der Waals surface area contributed by atoms with E-state index in [1.54, 1.807) is 0 Å². The van der Waals surface area contributed by atoms with Crippen molar-refractivity contribution in [2.75, 3.05) is 6.54 Å². The molecule has 2 aromatic heterocycles. The lowest BCUT2D eigenvalue weighted by Crippen LogP contribution is -2.50. The van der Waals surface area contributed by atoms with Crippen LogP contribution in [-0.2, 0) is 12.0 Å². The average molecular weight is 387 g/mol. The summed E-state index contributed by atoms with van der Waals surface area (Å²) in [6.45, 7) is 0.871. The molecule has 1 aliphatic heterocycles. The first-order valence-corrected chi connectivity index (χ1v) is 10.4. The van der Waals surface area contributed by atoms with E-state index in [2.05, 4.69) is 90.2 Å². The summed E-state index contributed by atoms with van der Waals surface area (Å²) in [7, 11) is 0. The van der Waals surface area contributed by atoms with E-state index in [4.69, 9.17) is 9.97 Å². The number of para-hydroxylation sites is 1. The first kappa shape index (κ1) is 17.3. The Morgan fingerprint density at radius 2 is 1.53 bits per heavy atom. The van der Waals surface area contributed by atoms with Crippen LogP contribution in [0.15, 0.2) is 97.2 Å². The molecule has 0 fully saturated rings. The Morgan fingerprint density at radius 1 is 0.733 bits per heavy atom. The molecule has 1 atom stereocenters. The van der Waals surface area contributed by atoms with Gasteiger partial charge in [-0.3, -0.25) is 15.3 Å². The molecule has 0 radical (unpaired) electrons. The molecular formula is C27H21N3. The van der Waals surface area contributed by atoms with Crippen molar-refractivity contribution in [2.24, 2.45) is 0 Å². The highest BCUT2D eigenvalue weighted by Gasteiger charge is 2.43. The molecule has 0 saturated heterocycles. The number of aromatic nitrogens is 2. The largest absolute Gasteiger partial charge is 0.297 e. The van der Waals surface area contributed by atoms with E-state index in [1.807, 2.05) is 12.3 Å². The van der Waals surface area contributed by atoms with Crippen molar-refractivity contribution in [2.45, 2.75) is 12.0 Å². The zero-order chi connectivity index (χ0) is 20.0. The first-order chi connectivity index (χ1) is 14.9. The maximum atomic E-state index is 5.15. The van der Waals surface area contributed by atoms with E-state index < -0.39 is 5.54 Å². The molecule has 3 aromatic carbocycles. The smallest absolute Gasteiger partial charge is 0.130 e. The summed E-state index contributed by atoms with van der Waals surface area (Å²) >= 11 is 0. The minimum Gasteiger partial charge on any atom is -0.297 e. The van der Waals surface area contributed by atoms with Gasteiger partial charge in [-0.1, -0.05) is 72.8 Å². The molecule has 3 heteroatoms. The summed E-state index contributed by atoms with van der Waals surface area (Å²) in [5.74, 6) is 0. The fourth-order valence-corrected chi connectivity index (χ4v) is 4.84. The van der Waals surface area contributed by atoms with Crippen LogP contribution in [0.3, 0.4) is 0 Å². The van der Waals surface area contributed by atoms with Crippen LogP contribution in [0.25, 0.3) is 21.7 Å². The molecule has 0 spiro atoms. The van der Waals surface area contributed by atoms with Crippen molar-refractivity contribution >= 4 is 21.7 Å². The molecule has 0 aliphatic carbocycles. The van der Waals surface area contributed by atoms with Crippen LogP contribution < -0.4 is 5.32 Å². The third kappa shape index (κ3) is 2.49. The van der Waals surface area contributed by atoms with E-state index in [-0.39, 0.29) is 0 Å². The zero-order valence-electron chi connectivity index (χ0n) is 16.5. The third-order valence-electron chi connectivity index (χ3n) is 6.22. The Morgan fingerprint density at radius 3 is 2.50 bits per heavy atom. The molecule has 6 rings (SSSR count). The summed E-state index contributed by atoms with van der Waals surface area (Å²) in [6, 6.07) is 31.9.